The topological polar surface area (TPSA) is 25.8 Å². The summed E-state index contributed by atoms with van der Waals surface area (Å²) < 4.78 is 6.49. The molecule has 0 spiro atoms. The number of hydrogen-bond acceptors (Lipinski definition) is 5. The van der Waals surface area contributed by atoms with Gasteiger partial charge in [-0.25, -0.2) is 4.98 Å². The number of fused-ring (bicyclic) bond motifs is 9. The molecule has 0 saturated carbocycles. The molecule has 4 heterocycles. The maximum atomic E-state index is 5.23. The summed E-state index contributed by atoms with van der Waals surface area (Å²) >= 11 is 5.46. The molecule has 0 aliphatic rings. The Kier molecular flexibility index (Phi) is 6.50. The van der Waals surface area contributed by atoms with E-state index < -0.39 is 0 Å². The van der Waals surface area contributed by atoms with Crippen LogP contribution in [0.2, 0.25) is 0 Å². The summed E-state index contributed by atoms with van der Waals surface area (Å²) in [5.74, 6) is 0. The zero-order valence-corrected chi connectivity index (χ0v) is 29.6. The van der Waals surface area contributed by atoms with Crippen LogP contribution in [0.1, 0.15) is 0 Å². The molecule has 0 radical (unpaired) electrons. The van der Waals surface area contributed by atoms with Gasteiger partial charge in [0.05, 0.1) is 11.9 Å². The van der Waals surface area contributed by atoms with Gasteiger partial charge in [0.1, 0.15) is 10.3 Å². The minimum atomic E-state index is 0.888. The van der Waals surface area contributed by atoms with Gasteiger partial charge in [-0.3, -0.25) is 4.98 Å². The highest BCUT2D eigenvalue weighted by Gasteiger charge is 2.17. The number of hydrogen-bond donors (Lipinski definition) is 0. The van der Waals surface area contributed by atoms with Crippen molar-refractivity contribution in [3.05, 3.63) is 158 Å². The molecule has 0 amide bonds. The lowest BCUT2D eigenvalue weighted by Crippen LogP contribution is -1.88. The molecule has 5 heteroatoms. The molecule has 11 rings (SSSR count). The maximum absolute atomic E-state index is 5.23. The molecule has 51 heavy (non-hydrogen) atoms. The second-order valence-electron chi connectivity index (χ2n) is 12.9. The molecule has 238 valence electrons. The molecule has 0 atom stereocenters. The maximum Gasteiger partial charge on any atom is 0.143 e. The Hall–Kier alpha value is -5.72. The minimum Gasteiger partial charge on any atom is -0.251 e. The molecule has 4 aromatic heterocycles. The highest BCUT2D eigenvalue weighted by atomic mass is 32.1. The molecule has 0 saturated heterocycles. The Balaban J connectivity index is 1.00. The van der Waals surface area contributed by atoms with E-state index in [1.54, 1.807) is 11.3 Å². The van der Waals surface area contributed by atoms with Crippen molar-refractivity contribution in [2.75, 3.05) is 0 Å². The van der Waals surface area contributed by atoms with Gasteiger partial charge in [-0.2, -0.15) is 0 Å². The first-order chi connectivity index (χ1) is 25.3. The van der Waals surface area contributed by atoms with Gasteiger partial charge in [-0.05, 0) is 63.7 Å². The summed E-state index contributed by atoms with van der Waals surface area (Å²) in [6, 6.07) is 55.0. The molecule has 0 bridgehead atoms. The lowest BCUT2D eigenvalue weighted by atomic mass is 9.96. The van der Waals surface area contributed by atoms with E-state index in [-0.39, 0.29) is 0 Å². The van der Waals surface area contributed by atoms with Crippen molar-refractivity contribution in [3.8, 4) is 44.6 Å². The van der Waals surface area contributed by atoms with Gasteiger partial charge in [0.15, 0.2) is 0 Å². The minimum absolute atomic E-state index is 0.888. The van der Waals surface area contributed by atoms with Gasteiger partial charge < -0.3 is 0 Å². The van der Waals surface area contributed by atoms with E-state index in [1.807, 2.05) is 28.9 Å². The number of nitrogens with zero attached hydrogens (tertiary/aromatic N) is 2. The third-order valence-electron chi connectivity index (χ3n) is 9.97. The Labute approximate surface area is 305 Å². The van der Waals surface area contributed by atoms with Gasteiger partial charge in [-0.15, -0.1) is 34.0 Å². The largest absolute Gasteiger partial charge is 0.251 e. The van der Waals surface area contributed by atoms with E-state index in [0.29, 0.717) is 0 Å². The predicted molar refractivity (Wildman–Crippen MR) is 222 cm³/mol. The van der Waals surface area contributed by atoms with Crippen LogP contribution in [-0.2, 0) is 0 Å². The highest BCUT2D eigenvalue weighted by molar-refractivity contribution is 7.27. The SMILES string of the molecule is c1cc(-c2cnc3c(n2)sc2cccc(-c4cccc(-c5cccc6c5sc5ccccc56)c4)c23)cc(-c2cccc3c2sc2ccccc23)c1. The molecule has 0 N–H and O–H groups in total. The lowest BCUT2D eigenvalue weighted by molar-refractivity contribution is 1.32. The van der Waals surface area contributed by atoms with E-state index in [2.05, 4.69) is 152 Å². The van der Waals surface area contributed by atoms with Crippen LogP contribution in [0.25, 0.3) is 105 Å². The van der Waals surface area contributed by atoms with Gasteiger partial charge in [-0.1, -0.05) is 121 Å². The first-order valence-corrected chi connectivity index (χ1v) is 19.4. The fraction of sp³-hybridized carbons (Fsp3) is 0. The Morgan fingerprint density at radius 2 is 0.882 bits per heavy atom. The van der Waals surface area contributed by atoms with Gasteiger partial charge in [0.25, 0.3) is 0 Å². The van der Waals surface area contributed by atoms with Crippen molar-refractivity contribution in [2.24, 2.45) is 0 Å². The Morgan fingerprint density at radius 1 is 0.392 bits per heavy atom. The molecule has 0 aliphatic heterocycles. The molecule has 11 aromatic rings. The third kappa shape index (κ3) is 4.59. The van der Waals surface area contributed by atoms with Crippen molar-refractivity contribution < 1.29 is 0 Å². The van der Waals surface area contributed by atoms with Crippen LogP contribution < -0.4 is 0 Å². The average Bonchev–Trinajstić information content (AvgIpc) is 3.89. The van der Waals surface area contributed by atoms with Crippen LogP contribution >= 0.6 is 34.0 Å². The van der Waals surface area contributed by atoms with Crippen molar-refractivity contribution in [1.29, 1.82) is 0 Å². The van der Waals surface area contributed by atoms with Gasteiger partial charge >= 0.3 is 0 Å². The van der Waals surface area contributed by atoms with Crippen molar-refractivity contribution in [3.63, 3.8) is 0 Å². The van der Waals surface area contributed by atoms with E-state index in [1.165, 1.54) is 83.8 Å². The average molecular weight is 703 g/mol. The molecule has 0 fully saturated rings. The predicted octanol–water partition coefficient (Wildman–Crippen LogP) is 14.2. The van der Waals surface area contributed by atoms with E-state index in [4.69, 9.17) is 9.97 Å². The highest BCUT2D eigenvalue weighted by Crippen LogP contribution is 2.44. The number of rotatable bonds is 4. The monoisotopic (exact) mass is 702 g/mol. The zero-order chi connectivity index (χ0) is 33.5. The fourth-order valence-corrected chi connectivity index (χ4v) is 11.1. The molecule has 0 aliphatic carbocycles. The summed E-state index contributed by atoms with van der Waals surface area (Å²) in [4.78, 5) is 11.3. The number of aromatic nitrogens is 2. The second kappa shape index (κ2) is 11.4. The van der Waals surface area contributed by atoms with E-state index >= 15 is 0 Å². The Bertz CT molecular complexity index is 3160. The van der Waals surface area contributed by atoms with Crippen molar-refractivity contribution in [2.45, 2.75) is 0 Å². The van der Waals surface area contributed by atoms with Crippen molar-refractivity contribution >= 4 is 94.8 Å². The van der Waals surface area contributed by atoms with Gasteiger partial charge in [0.2, 0.25) is 0 Å². The molecule has 7 aromatic carbocycles. The van der Waals surface area contributed by atoms with Crippen LogP contribution in [-0.4, -0.2) is 9.97 Å². The van der Waals surface area contributed by atoms with Crippen molar-refractivity contribution in [1.82, 2.24) is 9.97 Å². The summed E-state index contributed by atoms with van der Waals surface area (Å²) in [5, 5.41) is 6.43. The number of benzene rings is 7. The molecular weight excluding hydrogens is 677 g/mol. The van der Waals surface area contributed by atoms with Crippen LogP contribution in [0.5, 0.6) is 0 Å². The summed E-state index contributed by atoms with van der Waals surface area (Å²) in [6.45, 7) is 0. The smallest absolute Gasteiger partial charge is 0.143 e. The lowest BCUT2D eigenvalue weighted by Gasteiger charge is -2.09. The third-order valence-corrected chi connectivity index (χ3v) is 13.5. The Morgan fingerprint density at radius 3 is 1.55 bits per heavy atom. The fourth-order valence-electron chi connectivity index (χ4n) is 7.61. The summed E-state index contributed by atoms with van der Waals surface area (Å²) in [7, 11) is 0. The summed E-state index contributed by atoms with van der Waals surface area (Å²) in [6.07, 6.45) is 1.95. The zero-order valence-electron chi connectivity index (χ0n) is 27.1. The molecule has 2 nitrogen and oxygen atoms in total. The van der Waals surface area contributed by atoms with Gasteiger partial charge in [0, 0.05) is 56.0 Å². The van der Waals surface area contributed by atoms with E-state index in [0.717, 1.165) is 21.6 Å². The van der Waals surface area contributed by atoms with E-state index in [9.17, 15) is 0 Å². The first kappa shape index (κ1) is 29.1. The summed E-state index contributed by atoms with van der Waals surface area (Å²) in [5.41, 5.74) is 10.2. The standard InChI is InChI=1S/C46H26N2S3/c1-3-21-39-34(14-1)36-19-7-17-32(44(36)49-39)28-11-5-10-27(24-28)31-16-9-23-41-42(31)43-46(51-41)48-38(26-47-43)30-13-6-12-29(25-30)33-18-8-20-37-35-15-2-4-22-40(35)50-45(33)37/h1-26H. The molecular formula is C46H26N2S3. The molecule has 0 unspecified atom stereocenters. The van der Waals surface area contributed by atoms with Crippen LogP contribution in [0.3, 0.4) is 0 Å². The van der Waals surface area contributed by atoms with Crippen LogP contribution in [0.15, 0.2) is 158 Å². The first-order valence-electron chi connectivity index (χ1n) is 17.0. The van der Waals surface area contributed by atoms with Crippen LogP contribution in [0, 0.1) is 0 Å². The second-order valence-corrected chi connectivity index (χ2v) is 16.0. The number of thiophene rings is 3. The normalized spacial score (nSPS) is 11.9. The van der Waals surface area contributed by atoms with Crippen LogP contribution in [0.4, 0.5) is 0 Å². The quantitative estimate of drug-likeness (QED) is 0.182.